The number of ether oxygens (including phenoxy) is 1. The van der Waals surface area contributed by atoms with Gasteiger partial charge in [-0.2, -0.15) is 0 Å². The van der Waals surface area contributed by atoms with E-state index in [9.17, 15) is 4.79 Å². The third-order valence-corrected chi connectivity index (χ3v) is 5.44. The Morgan fingerprint density at radius 1 is 1.17 bits per heavy atom. The predicted octanol–water partition coefficient (Wildman–Crippen LogP) is 2.15. The second-order valence-corrected chi connectivity index (χ2v) is 7.99. The molecule has 2 aliphatic rings. The highest BCUT2D eigenvalue weighted by molar-refractivity contribution is 14.0. The van der Waals surface area contributed by atoms with Crippen molar-refractivity contribution in [2.24, 2.45) is 4.99 Å². The van der Waals surface area contributed by atoms with E-state index in [1.807, 2.05) is 4.90 Å². The number of rotatable bonds is 6. The van der Waals surface area contributed by atoms with E-state index in [-0.39, 0.29) is 36.0 Å². The summed E-state index contributed by atoms with van der Waals surface area (Å²) in [5.74, 6) is 1.08. The quantitative estimate of drug-likeness (QED) is 0.348. The number of piperazine rings is 1. The number of halogens is 1. The molecule has 0 spiro atoms. The lowest BCUT2D eigenvalue weighted by molar-refractivity contribution is -0.142. The van der Waals surface area contributed by atoms with Gasteiger partial charge in [0.2, 0.25) is 0 Å². The van der Waals surface area contributed by atoms with Crippen molar-refractivity contribution < 1.29 is 9.53 Å². The molecule has 0 saturated carbocycles. The van der Waals surface area contributed by atoms with Crippen LogP contribution in [0.15, 0.2) is 29.3 Å². The Kier molecular flexibility index (Phi) is 10.3. The largest absolute Gasteiger partial charge is 0.368 e. The van der Waals surface area contributed by atoms with Gasteiger partial charge in [-0.1, -0.05) is 24.3 Å². The molecule has 1 aromatic rings. The van der Waals surface area contributed by atoms with Crippen LogP contribution in [-0.2, 0) is 22.6 Å². The van der Waals surface area contributed by atoms with Crippen molar-refractivity contribution in [3.05, 3.63) is 35.4 Å². The molecular weight excluding hydrogens is 493 g/mol. The lowest BCUT2D eigenvalue weighted by Crippen LogP contribution is -2.55. The topological polar surface area (TPSA) is 60.4 Å². The summed E-state index contributed by atoms with van der Waals surface area (Å²) in [5.41, 5.74) is 2.56. The number of hydrogen-bond acceptors (Lipinski definition) is 4. The van der Waals surface area contributed by atoms with Crippen LogP contribution in [0.5, 0.6) is 0 Å². The number of hydrogen-bond donors (Lipinski definition) is 1. The third kappa shape index (κ3) is 6.81. The molecule has 168 valence electrons. The van der Waals surface area contributed by atoms with E-state index in [2.05, 4.69) is 60.4 Å². The molecule has 0 radical (unpaired) electrons. The normalized spacial score (nSPS) is 19.7. The van der Waals surface area contributed by atoms with Gasteiger partial charge in [-0.05, 0) is 45.0 Å². The molecule has 7 nitrogen and oxygen atoms in total. The van der Waals surface area contributed by atoms with Crippen molar-refractivity contribution in [2.45, 2.75) is 39.0 Å². The molecule has 2 saturated heterocycles. The van der Waals surface area contributed by atoms with Crippen molar-refractivity contribution in [1.29, 1.82) is 0 Å². The molecular formula is C22H36IN5O2. The Hall–Kier alpha value is -1.39. The first-order chi connectivity index (χ1) is 14.1. The number of nitrogens with one attached hydrogen (secondary N) is 1. The van der Waals surface area contributed by atoms with E-state index in [0.29, 0.717) is 13.2 Å². The zero-order valence-corrected chi connectivity index (χ0v) is 20.8. The van der Waals surface area contributed by atoms with Gasteiger partial charge in [0, 0.05) is 45.9 Å². The fourth-order valence-electron chi connectivity index (χ4n) is 3.91. The molecule has 2 heterocycles. The molecule has 30 heavy (non-hydrogen) atoms. The molecule has 0 aromatic heterocycles. The minimum atomic E-state index is -0.225. The monoisotopic (exact) mass is 529 g/mol. The van der Waals surface area contributed by atoms with Gasteiger partial charge in [0.05, 0.1) is 6.54 Å². The van der Waals surface area contributed by atoms with Crippen LogP contribution in [0.2, 0.25) is 0 Å². The van der Waals surface area contributed by atoms with Crippen LogP contribution in [-0.4, -0.2) is 86.1 Å². The van der Waals surface area contributed by atoms with Crippen LogP contribution in [0.4, 0.5) is 0 Å². The fraction of sp³-hybridized carbons (Fsp3) is 0.636. The Bertz CT molecular complexity index is 699. The van der Waals surface area contributed by atoms with E-state index in [1.54, 1.807) is 0 Å². The van der Waals surface area contributed by atoms with E-state index >= 15 is 0 Å². The van der Waals surface area contributed by atoms with Crippen LogP contribution >= 0.6 is 24.0 Å². The number of benzene rings is 1. The number of carbonyl (C=O) groups excluding carboxylic acids is 1. The third-order valence-electron chi connectivity index (χ3n) is 5.44. The molecule has 8 heteroatoms. The van der Waals surface area contributed by atoms with Gasteiger partial charge in [-0.3, -0.25) is 4.79 Å². The van der Waals surface area contributed by atoms with Gasteiger partial charge in [-0.15, -0.1) is 24.0 Å². The van der Waals surface area contributed by atoms with Gasteiger partial charge in [0.25, 0.3) is 5.91 Å². The molecule has 2 aliphatic heterocycles. The number of nitrogens with zero attached hydrogens (tertiary/aromatic N) is 4. The van der Waals surface area contributed by atoms with Crippen molar-refractivity contribution in [2.75, 3.05) is 53.4 Å². The summed E-state index contributed by atoms with van der Waals surface area (Å²) in [6.07, 6.45) is 1.62. The van der Waals surface area contributed by atoms with E-state index in [1.165, 1.54) is 11.1 Å². The first-order valence-corrected chi connectivity index (χ1v) is 10.7. The maximum Gasteiger partial charge on any atom is 0.251 e. The molecule has 3 rings (SSSR count). The number of carbonyl (C=O) groups is 1. The lowest BCUT2D eigenvalue weighted by atomic mass is 10.1. The summed E-state index contributed by atoms with van der Waals surface area (Å²) in [6.45, 7) is 8.23. The van der Waals surface area contributed by atoms with Gasteiger partial charge >= 0.3 is 0 Å². The highest BCUT2D eigenvalue weighted by atomic mass is 127. The average molecular weight is 529 g/mol. The van der Waals surface area contributed by atoms with Gasteiger partial charge in [0.15, 0.2) is 5.96 Å². The fourth-order valence-corrected chi connectivity index (χ4v) is 3.91. The molecule has 1 unspecified atom stereocenters. The molecule has 0 aliphatic carbocycles. The maximum absolute atomic E-state index is 12.6. The standard InChI is InChI=1S/C22H35N5O2.HI/c1-4-23-22(24-16-18-8-5-6-9-19(18)17-25(2)3)27-13-11-26(12-14-27)21(28)20-10-7-15-29-20;/h5-6,8-9,20H,4,7,10-17H2,1-3H3,(H,23,24);1H. The smallest absolute Gasteiger partial charge is 0.251 e. The molecule has 0 bridgehead atoms. The average Bonchev–Trinajstić information content (AvgIpc) is 3.26. The van der Waals surface area contributed by atoms with E-state index in [0.717, 1.165) is 58.1 Å². The molecule has 2 fully saturated rings. The van der Waals surface area contributed by atoms with Crippen molar-refractivity contribution in [3.8, 4) is 0 Å². The van der Waals surface area contributed by atoms with Gasteiger partial charge in [0.1, 0.15) is 6.10 Å². The molecule has 1 aromatic carbocycles. The number of aliphatic imine (C=N–C) groups is 1. The van der Waals surface area contributed by atoms with Crippen LogP contribution in [0.3, 0.4) is 0 Å². The number of amides is 1. The molecule has 1 atom stereocenters. The minimum absolute atomic E-state index is 0. The van der Waals surface area contributed by atoms with Gasteiger partial charge in [-0.25, -0.2) is 4.99 Å². The SMILES string of the molecule is CCNC(=NCc1ccccc1CN(C)C)N1CCN(C(=O)C2CCCO2)CC1.I. The highest BCUT2D eigenvalue weighted by Gasteiger charge is 2.30. The Labute approximate surface area is 197 Å². The Morgan fingerprint density at radius 2 is 1.83 bits per heavy atom. The summed E-state index contributed by atoms with van der Waals surface area (Å²) in [4.78, 5) is 23.9. The minimum Gasteiger partial charge on any atom is -0.368 e. The van der Waals surface area contributed by atoms with Crippen molar-refractivity contribution in [1.82, 2.24) is 20.0 Å². The summed E-state index contributed by atoms with van der Waals surface area (Å²) in [5, 5.41) is 3.42. The first kappa shape index (κ1) is 24.9. The van der Waals surface area contributed by atoms with Crippen LogP contribution < -0.4 is 5.32 Å². The van der Waals surface area contributed by atoms with Crippen molar-refractivity contribution >= 4 is 35.8 Å². The maximum atomic E-state index is 12.6. The molecule has 1 N–H and O–H groups in total. The summed E-state index contributed by atoms with van der Waals surface area (Å²) in [6, 6.07) is 8.49. The van der Waals surface area contributed by atoms with Gasteiger partial charge < -0.3 is 24.8 Å². The van der Waals surface area contributed by atoms with Crippen LogP contribution in [0.25, 0.3) is 0 Å². The summed E-state index contributed by atoms with van der Waals surface area (Å²) >= 11 is 0. The summed E-state index contributed by atoms with van der Waals surface area (Å²) in [7, 11) is 4.17. The first-order valence-electron chi connectivity index (χ1n) is 10.7. The second kappa shape index (κ2) is 12.5. The highest BCUT2D eigenvalue weighted by Crippen LogP contribution is 2.16. The number of guanidine groups is 1. The van der Waals surface area contributed by atoms with Crippen molar-refractivity contribution in [3.63, 3.8) is 0 Å². The van der Waals surface area contributed by atoms with E-state index in [4.69, 9.17) is 9.73 Å². The molecule has 1 amide bonds. The van der Waals surface area contributed by atoms with E-state index < -0.39 is 0 Å². The second-order valence-electron chi connectivity index (χ2n) is 7.99. The Morgan fingerprint density at radius 3 is 2.43 bits per heavy atom. The Balaban J connectivity index is 0.00000320. The zero-order valence-electron chi connectivity index (χ0n) is 18.5. The predicted molar refractivity (Wildman–Crippen MR) is 131 cm³/mol. The summed E-state index contributed by atoms with van der Waals surface area (Å²) < 4.78 is 5.56. The zero-order chi connectivity index (χ0) is 20.6. The van der Waals surface area contributed by atoms with Crippen LogP contribution in [0, 0.1) is 0 Å². The van der Waals surface area contributed by atoms with Crippen LogP contribution in [0.1, 0.15) is 30.9 Å². The lowest BCUT2D eigenvalue weighted by Gasteiger charge is -2.37.